The van der Waals surface area contributed by atoms with Crippen LogP contribution in [0.15, 0.2) is 24.4 Å². The minimum absolute atomic E-state index is 0.0471. The molecule has 1 unspecified atom stereocenters. The van der Waals surface area contributed by atoms with Crippen LogP contribution in [0.5, 0.6) is 0 Å². The molecule has 6 heteroatoms. The van der Waals surface area contributed by atoms with Gasteiger partial charge in [-0.1, -0.05) is 29.3 Å². The summed E-state index contributed by atoms with van der Waals surface area (Å²) in [7, 11) is 3.58. The Hall–Kier alpha value is -1.07. The molecule has 0 aliphatic rings. The van der Waals surface area contributed by atoms with E-state index in [0.29, 0.717) is 18.2 Å². The van der Waals surface area contributed by atoms with Crippen molar-refractivity contribution in [3.63, 3.8) is 0 Å². The minimum atomic E-state index is -0.0471. The summed E-state index contributed by atoms with van der Waals surface area (Å²) < 4.78 is 7.00. The van der Waals surface area contributed by atoms with Gasteiger partial charge in [0.2, 0.25) is 0 Å². The molecular weight excluding hydrogens is 309 g/mol. The number of aromatic nitrogens is 2. The molecule has 114 valence electrons. The van der Waals surface area contributed by atoms with Crippen LogP contribution in [0.25, 0.3) is 0 Å². The second-order valence-electron chi connectivity index (χ2n) is 4.82. The quantitative estimate of drug-likeness (QED) is 0.883. The van der Waals surface area contributed by atoms with Crippen LogP contribution in [0.2, 0.25) is 10.0 Å². The maximum Gasteiger partial charge on any atom is 0.0837 e. The Labute approximate surface area is 135 Å². The van der Waals surface area contributed by atoms with Gasteiger partial charge in [-0.15, -0.1) is 0 Å². The predicted octanol–water partition coefficient (Wildman–Crippen LogP) is 3.45. The van der Waals surface area contributed by atoms with Crippen molar-refractivity contribution in [2.75, 3.05) is 20.8 Å². The highest BCUT2D eigenvalue weighted by atomic mass is 35.5. The van der Waals surface area contributed by atoms with Crippen LogP contribution in [0.4, 0.5) is 0 Å². The van der Waals surface area contributed by atoms with Gasteiger partial charge >= 0.3 is 0 Å². The van der Waals surface area contributed by atoms with Gasteiger partial charge in [0.05, 0.1) is 36.1 Å². The molecular formula is C15H19Cl2N3O. The van der Waals surface area contributed by atoms with Crippen LogP contribution < -0.4 is 5.32 Å². The standard InChI is InChI=1S/C15H19Cl2N3O/c1-10-8-11(16)4-5-12(10)14(18-2)15-13(17)9-19-20(15)6-7-21-3/h4-5,8-9,14,18H,6-7H2,1-3H3. The zero-order valence-electron chi connectivity index (χ0n) is 12.4. The van der Waals surface area contributed by atoms with Gasteiger partial charge in [-0.2, -0.15) is 5.10 Å². The van der Waals surface area contributed by atoms with Crippen molar-refractivity contribution in [2.45, 2.75) is 19.5 Å². The molecule has 2 rings (SSSR count). The molecule has 21 heavy (non-hydrogen) atoms. The lowest BCUT2D eigenvalue weighted by atomic mass is 9.98. The number of halogens is 2. The van der Waals surface area contributed by atoms with E-state index in [9.17, 15) is 0 Å². The maximum atomic E-state index is 6.34. The van der Waals surface area contributed by atoms with Gasteiger partial charge in [0, 0.05) is 12.1 Å². The number of methoxy groups -OCH3 is 1. The smallest absolute Gasteiger partial charge is 0.0837 e. The van der Waals surface area contributed by atoms with Crippen LogP contribution >= 0.6 is 23.2 Å². The first-order chi connectivity index (χ1) is 10.1. The summed E-state index contributed by atoms with van der Waals surface area (Å²) in [5.74, 6) is 0. The van der Waals surface area contributed by atoms with Crippen molar-refractivity contribution in [3.05, 3.63) is 51.3 Å². The number of nitrogens with zero attached hydrogens (tertiary/aromatic N) is 2. The Bertz CT molecular complexity index is 613. The Morgan fingerprint density at radius 3 is 2.76 bits per heavy atom. The Morgan fingerprint density at radius 1 is 1.38 bits per heavy atom. The maximum absolute atomic E-state index is 6.34. The van der Waals surface area contributed by atoms with Gasteiger partial charge in [0.25, 0.3) is 0 Å². The normalized spacial score (nSPS) is 12.6. The number of aryl methyl sites for hydroxylation is 1. The van der Waals surface area contributed by atoms with Gasteiger partial charge in [-0.25, -0.2) is 0 Å². The summed E-state index contributed by atoms with van der Waals surface area (Å²) in [5, 5.41) is 9.01. The van der Waals surface area contributed by atoms with Crippen molar-refractivity contribution in [3.8, 4) is 0 Å². The van der Waals surface area contributed by atoms with Crippen LogP contribution in [0.1, 0.15) is 22.9 Å². The zero-order valence-corrected chi connectivity index (χ0v) is 13.9. The topological polar surface area (TPSA) is 39.1 Å². The van der Waals surface area contributed by atoms with Gasteiger partial charge in [-0.3, -0.25) is 4.68 Å². The molecule has 0 amide bonds. The van der Waals surface area contributed by atoms with E-state index in [0.717, 1.165) is 21.8 Å². The second kappa shape index (κ2) is 7.27. The number of rotatable bonds is 6. The van der Waals surface area contributed by atoms with Crippen molar-refractivity contribution >= 4 is 23.2 Å². The number of hydrogen-bond acceptors (Lipinski definition) is 3. The SMILES string of the molecule is CNC(c1ccc(Cl)cc1C)c1c(Cl)cnn1CCOC. The van der Waals surface area contributed by atoms with Crippen molar-refractivity contribution in [1.29, 1.82) is 0 Å². The van der Waals surface area contributed by atoms with E-state index in [1.54, 1.807) is 13.3 Å². The van der Waals surface area contributed by atoms with E-state index in [1.165, 1.54) is 0 Å². The highest BCUT2D eigenvalue weighted by Crippen LogP contribution is 2.31. The molecule has 1 aromatic heterocycles. The lowest BCUT2D eigenvalue weighted by Gasteiger charge is -2.21. The number of benzene rings is 1. The van der Waals surface area contributed by atoms with Crippen LogP contribution in [-0.2, 0) is 11.3 Å². The fraction of sp³-hybridized carbons (Fsp3) is 0.400. The molecule has 1 N–H and O–H groups in total. The fourth-order valence-corrected chi connectivity index (χ4v) is 2.89. The third-order valence-corrected chi connectivity index (χ3v) is 3.97. The van der Waals surface area contributed by atoms with Crippen molar-refractivity contribution < 1.29 is 4.74 Å². The van der Waals surface area contributed by atoms with Gasteiger partial charge in [0.15, 0.2) is 0 Å². The van der Waals surface area contributed by atoms with Crippen LogP contribution in [0, 0.1) is 6.92 Å². The molecule has 0 saturated heterocycles. The highest BCUT2D eigenvalue weighted by Gasteiger charge is 2.22. The molecule has 0 aliphatic heterocycles. The van der Waals surface area contributed by atoms with E-state index in [2.05, 4.69) is 10.4 Å². The fourth-order valence-electron chi connectivity index (χ4n) is 2.42. The summed E-state index contributed by atoms with van der Waals surface area (Å²) >= 11 is 12.4. The summed E-state index contributed by atoms with van der Waals surface area (Å²) in [4.78, 5) is 0. The second-order valence-corrected chi connectivity index (χ2v) is 5.66. The highest BCUT2D eigenvalue weighted by molar-refractivity contribution is 6.31. The molecule has 1 heterocycles. The van der Waals surface area contributed by atoms with E-state index < -0.39 is 0 Å². The monoisotopic (exact) mass is 327 g/mol. The summed E-state index contributed by atoms with van der Waals surface area (Å²) in [6.45, 7) is 3.28. The zero-order chi connectivity index (χ0) is 15.4. The van der Waals surface area contributed by atoms with E-state index in [1.807, 2.05) is 36.9 Å². The summed E-state index contributed by atoms with van der Waals surface area (Å²) in [6, 6.07) is 5.81. The molecule has 0 fully saturated rings. The van der Waals surface area contributed by atoms with Crippen LogP contribution in [-0.4, -0.2) is 30.5 Å². The van der Waals surface area contributed by atoms with Gasteiger partial charge < -0.3 is 10.1 Å². The molecule has 0 spiro atoms. The van der Waals surface area contributed by atoms with Crippen molar-refractivity contribution in [2.24, 2.45) is 0 Å². The first kappa shape index (κ1) is 16.3. The third kappa shape index (κ3) is 3.58. The molecule has 4 nitrogen and oxygen atoms in total. The number of nitrogens with one attached hydrogen (secondary N) is 1. The molecule has 2 aromatic rings. The van der Waals surface area contributed by atoms with Gasteiger partial charge in [0.1, 0.15) is 0 Å². The Balaban J connectivity index is 2.43. The minimum Gasteiger partial charge on any atom is -0.383 e. The van der Waals surface area contributed by atoms with E-state index in [-0.39, 0.29) is 6.04 Å². The molecule has 0 radical (unpaired) electrons. The van der Waals surface area contributed by atoms with E-state index in [4.69, 9.17) is 27.9 Å². The predicted molar refractivity (Wildman–Crippen MR) is 86.2 cm³/mol. The molecule has 0 bridgehead atoms. The molecule has 0 aliphatic carbocycles. The number of hydrogen-bond donors (Lipinski definition) is 1. The summed E-state index contributed by atoms with van der Waals surface area (Å²) in [6.07, 6.45) is 1.67. The van der Waals surface area contributed by atoms with E-state index >= 15 is 0 Å². The van der Waals surface area contributed by atoms with Crippen LogP contribution in [0.3, 0.4) is 0 Å². The third-order valence-electron chi connectivity index (χ3n) is 3.45. The average Bonchev–Trinajstić information content (AvgIpc) is 2.81. The molecule has 1 aromatic carbocycles. The molecule has 1 atom stereocenters. The first-order valence-electron chi connectivity index (χ1n) is 6.72. The Morgan fingerprint density at radius 2 is 2.14 bits per heavy atom. The first-order valence-corrected chi connectivity index (χ1v) is 7.47. The van der Waals surface area contributed by atoms with Gasteiger partial charge in [-0.05, 0) is 37.2 Å². The van der Waals surface area contributed by atoms with Crippen molar-refractivity contribution in [1.82, 2.24) is 15.1 Å². The summed E-state index contributed by atoms with van der Waals surface area (Å²) in [5.41, 5.74) is 3.17. The largest absolute Gasteiger partial charge is 0.383 e. The average molecular weight is 328 g/mol. The molecule has 0 saturated carbocycles. The Kier molecular flexibility index (Phi) is 5.65. The lowest BCUT2D eigenvalue weighted by Crippen LogP contribution is -2.23. The lowest BCUT2D eigenvalue weighted by molar-refractivity contribution is 0.182. The number of ether oxygens (including phenoxy) is 1.